The van der Waals surface area contributed by atoms with Gasteiger partial charge in [0.05, 0.1) is 63.5 Å². The Morgan fingerprint density at radius 3 is 1.11 bits per heavy atom. The Morgan fingerprint density at radius 2 is 0.757 bits per heavy atom. The van der Waals surface area contributed by atoms with E-state index in [1.807, 2.05) is 152 Å². The number of benzene rings is 5. The Balaban J connectivity index is 0.000000148. The van der Waals surface area contributed by atoms with Crippen molar-refractivity contribution in [2.45, 2.75) is 238 Å². The molecule has 4 saturated heterocycles. The number of halogens is 1. The lowest BCUT2D eigenvalue weighted by molar-refractivity contribution is -0.193. The molecule has 4 fully saturated rings. The molecule has 706 valence electrons. The number of aliphatic hydroxyl groups is 4. The van der Waals surface area contributed by atoms with Crippen molar-refractivity contribution in [3.05, 3.63) is 213 Å². The van der Waals surface area contributed by atoms with Crippen LogP contribution in [0.2, 0.25) is 0 Å². The molecule has 4 N–H and O–H groups in total. The van der Waals surface area contributed by atoms with Crippen LogP contribution >= 0.6 is 27.3 Å². The number of alkyl halides is 1. The predicted octanol–water partition coefficient (Wildman–Crippen LogP) is 17.0. The van der Waals surface area contributed by atoms with Crippen molar-refractivity contribution in [1.29, 1.82) is 21.0 Å². The molecule has 7 aromatic heterocycles. The number of fused-ring (bicyclic) bond motifs is 20. The first-order valence-electron chi connectivity index (χ1n) is 46.0. The highest BCUT2D eigenvalue weighted by molar-refractivity contribution is 9.09. The summed E-state index contributed by atoms with van der Waals surface area (Å²) in [5.41, 5.74) is 20.3. The molecule has 0 unspecified atom stereocenters. The molecule has 136 heavy (non-hydrogen) atoms. The number of aromatic nitrogens is 10. The van der Waals surface area contributed by atoms with Crippen LogP contribution in [0.15, 0.2) is 162 Å². The lowest BCUT2D eigenvalue weighted by Crippen LogP contribution is -2.54. The van der Waals surface area contributed by atoms with Crippen molar-refractivity contribution in [1.82, 2.24) is 67.9 Å². The van der Waals surface area contributed by atoms with Gasteiger partial charge in [-0.2, -0.15) is 59.4 Å². The van der Waals surface area contributed by atoms with Gasteiger partial charge in [0.2, 0.25) is 0 Å². The molecule has 12 aromatic rings. The SMILES string of the molecule is CC[C@@]12CCCN(C#N)[C@@H]1c1c(CCBr)c3ccccc3n1[C@](C)(O)C2.CC[C@@]12CCCN(C#N)[C@@H]1c1c(CCN=[N+]=[N-])c3ccccc3n1[C@](C)(O)C2.CC[C@@]12CCCN(C#N)[C@@H]1c1c(CCn3cc(-c4ccccc4)nn3)c3ccccc3n1[C@](C)(O)C2.C[C@@]12CCCN(C#N)[C@@H]1c1c(CCn3cc(-c4cccs4)nn3)c3ccccc3n1[C@](C)(O)C2.O=C=O.O=C=O.O=C=O.O=C=O. The van der Waals surface area contributed by atoms with Crippen molar-refractivity contribution in [3.63, 3.8) is 0 Å². The van der Waals surface area contributed by atoms with Crippen molar-refractivity contribution >= 4 is 95.5 Å². The normalized spacial score (nSPS) is 25.4. The molecule has 0 spiro atoms. The summed E-state index contributed by atoms with van der Waals surface area (Å²) in [5, 5.41) is 116. The maximum atomic E-state index is 11.9. The number of likely N-dealkylation sites (tertiary alicyclic amines) is 4. The van der Waals surface area contributed by atoms with Gasteiger partial charge in [-0.1, -0.05) is 168 Å². The molecular weight excluding hydrogens is 1810 g/mol. The van der Waals surface area contributed by atoms with Crippen LogP contribution in [0.1, 0.15) is 221 Å². The standard InChI is InChI=1S/C29H32N6O.C26H28N6OS.C21H26BrN3O.C21H26N6O.4CO2/c1-3-29-15-9-16-33(20-30)27(29)26-23(22-12-7-8-13-25(22)35(26)28(2,36)19-29)14-17-34-18-24(31-32-34)21-10-5-4-6-11-21;1-25-11-6-12-30(17-27)24(25)23-19(10-13-31-15-20(28-29-31)22-9-5-14-34-22)18-7-3-4-8-21(18)32(23)26(2,33)16-25;1-3-21-10-6-12-24(14-23)19(21)18-16(9-11-22)15-7-4-5-8-17(15)25(18)20(2,26)13-21;1-3-21-10-6-12-26(14-22)19(21)18-16(9-11-24-25-23)15-7-4-5-8-17(15)27(18)20(2,28)13-21;4*2-1-3/h4-8,10-13,18,27,36H,3,9,14-17,19H2,1-2H3;3-5,7-9,14-15,24,33H,6,10-13,16H2,1-2H3;4-5,7-8,19,26H,3,6,9-13H2,1-2H3;4-5,7-8,19,28H,3,6,9-13H2,1-2H3;;;;/t27-,28-,29+;24-,25+,26-;2*19-,20-,21+;;;;/m1111..../s1. The zero-order valence-electron chi connectivity index (χ0n) is 77.6. The first kappa shape index (κ1) is 100. The van der Waals surface area contributed by atoms with E-state index in [0.29, 0.717) is 51.7 Å². The molecule has 0 bridgehead atoms. The van der Waals surface area contributed by atoms with Gasteiger partial charge in [0, 0.05) is 148 Å². The van der Waals surface area contributed by atoms with Crippen LogP contribution in [0.4, 0.5) is 0 Å². The minimum absolute atomic E-state index is 0.0421. The summed E-state index contributed by atoms with van der Waals surface area (Å²) in [4.78, 5) is 76.8. The number of hydrogen-bond acceptors (Lipinski definition) is 26. The number of thiophene rings is 1. The highest BCUT2D eigenvalue weighted by Gasteiger charge is 2.60. The van der Waals surface area contributed by atoms with Gasteiger partial charge in [-0.25, -0.2) is 0 Å². The molecule has 0 amide bonds. The number of aryl methyl sites for hydroxylation is 5. The fourth-order valence-corrected chi connectivity index (χ4v) is 25.9. The first-order valence-corrected chi connectivity index (χ1v) is 48.0. The second kappa shape index (κ2) is 42.2. The molecule has 5 aromatic carbocycles. The molecule has 8 aliphatic rings. The summed E-state index contributed by atoms with van der Waals surface area (Å²) < 4.78 is 12.2. The van der Waals surface area contributed by atoms with Gasteiger partial charge in [-0.3, -0.25) is 9.36 Å². The number of nitriles is 4. The van der Waals surface area contributed by atoms with E-state index in [-0.39, 0.29) is 70.4 Å². The number of piperidine rings is 4. The third-order valence-electron chi connectivity index (χ3n) is 29.5. The highest BCUT2D eigenvalue weighted by atomic mass is 79.9. The van der Waals surface area contributed by atoms with E-state index in [9.17, 15) is 41.5 Å². The van der Waals surface area contributed by atoms with Crippen LogP contribution in [-0.2, 0) is 100 Å². The van der Waals surface area contributed by atoms with Crippen LogP contribution in [0.3, 0.4) is 0 Å². The third kappa shape index (κ3) is 18.8. The molecule has 33 nitrogen and oxygen atoms in total. The molecular formula is C101H112BrN21O12S. The Kier molecular flexibility index (Phi) is 31.0. The molecule has 15 heterocycles. The van der Waals surface area contributed by atoms with E-state index < -0.39 is 22.9 Å². The van der Waals surface area contributed by atoms with E-state index in [1.54, 1.807) is 11.3 Å². The number of azide groups is 1. The number of rotatable bonds is 16. The summed E-state index contributed by atoms with van der Waals surface area (Å²) >= 11 is 5.27. The monoisotopic (exact) mass is 1920 g/mol. The minimum atomic E-state index is -1.03. The Bertz CT molecular complexity index is 6620. The van der Waals surface area contributed by atoms with Crippen molar-refractivity contribution in [2.24, 2.45) is 26.8 Å². The predicted molar refractivity (Wildman–Crippen MR) is 505 cm³/mol. The smallest absolute Gasteiger partial charge is 0.371 e. The van der Waals surface area contributed by atoms with Gasteiger partial charge in [-0.15, -0.1) is 21.5 Å². The summed E-state index contributed by atoms with van der Waals surface area (Å²) in [5.74, 6) is 0. The molecule has 20 rings (SSSR count). The van der Waals surface area contributed by atoms with E-state index in [2.05, 4.69) is 179 Å². The second-order valence-electron chi connectivity index (χ2n) is 37.5. The van der Waals surface area contributed by atoms with E-state index in [1.165, 1.54) is 22.1 Å². The molecule has 0 aliphatic carbocycles. The lowest BCUT2D eigenvalue weighted by Gasteiger charge is -2.55. The fourth-order valence-electron chi connectivity index (χ4n) is 24.8. The number of hydrogen-bond donors (Lipinski definition) is 4. The van der Waals surface area contributed by atoms with Crippen LogP contribution in [0.25, 0.3) is 75.9 Å². The number of nitrogens with zero attached hydrogens (tertiary/aromatic N) is 21. The van der Waals surface area contributed by atoms with Gasteiger partial charge >= 0.3 is 24.6 Å². The Hall–Kier alpha value is -13.5. The minimum Gasteiger partial charge on any atom is -0.371 e. The number of para-hydroxylation sites is 4. The van der Waals surface area contributed by atoms with Gasteiger partial charge in [0.15, 0.2) is 24.8 Å². The average molecular weight is 1920 g/mol. The van der Waals surface area contributed by atoms with Crippen LogP contribution in [-0.4, -0.2) is 151 Å². The van der Waals surface area contributed by atoms with Gasteiger partial charge < -0.3 is 58.3 Å². The summed E-state index contributed by atoms with van der Waals surface area (Å²) in [6, 6.07) is 47.1. The Morgan fingerprint density at radius 1 is 0.434 bits per heavy atom. The van der Waals surface area contributed by atoms with Crippen molar-refractivity contribution in [2.75, 3.05) is 38.1 Å². The second-order valence-corrected chi connectivity index (χ2v) is 39.2. The summed E-state index contributed by atoms with van der Waals surface area (Å²) in [6.07, 6.45) is 31.3. The van der Waals surface area contributed by atoms with Crippen LogP contribution in [0.5, 0.6) is 0 Å². The fraction of sp³-hybridized carbons (Fsp3) is 0.465. The third-order valence-corrected chi connectivity index (χ3v) is 30.7. The first-order chi connectivity index (χ1) is 65.5. The molecule has 8 aliphatic heterocycles. The van der Waals surface area contributed by atoms with Gasteiger partial charge in [0.1, 0.15) is 34.3 Å². The van der Waals surface area contributed by atoms with Crippen LogP contribution < -0.4 is 0 Å². The van der Waals surface area contributed by atoms with E-state index in [0.717, 1.165) is 210 Å². The topological polar surface area (TPSA) is 455 Å². The van der Waals surface area contributed by atoms with E-state index >= 15 is 0 Å². The largest absolute Gasteiger partial charge is 0.373 e. The van der Waals surface area contributed by atoms with Crippen molar-refractivity contribution < 1.29 is 58.8 Å². The zero-order valence-corrected chi connectivity index (χ0v) is 80.0. The zero-order chi connectivity index (χ0) is 97.7. The van der Waals surface area contributed by atoms with Gasteiger partial charge in [0.25, 0.3) is 0 Å². The molecule has 35 heteroatoms. The number of carbonyl (C=O) groups excluding carboxylic acids is 8. The van der Waals surface area contributed by atoms with Gasteiger partial charge in [-0.05, 0) is 193 Å². The maximum Gasteiger partial charge on any atom is 0.373 e. The quantitative estimate of drug-likeness (QED) is 0.0229. The molecule has 0 radical (unpaired) electrons. The lowest BCUT2D eigenvalue weighted by atomic mass is 9.63. The molecule has 12 atom stereocenters. The Labute approximate surface area is 800 Å². The summed E-state index contributed by atoms with van der Waals surface area (Å²) in [6.45, 7) is 21.3. The van der Waals surface area contributed by atoms with E-state index in [4.69, 9.17) is 43.9 Å². The highest BCUT2D eigenvalue weighted by Crippen LogP contribution is 2.64. The average Bonchev–Trinajstić information content (AvgIpc) is 1.58. The molecule has 0 saturated carbocycles. The van der Waals surface area contributed by atoms with Crippen LogP contribution in [0, 0.1) is 67.5 Å². The van der Waals surface area contributed by atoms with Crippen molar-refractivity contribution in [3.8, 4) is 46.6 Å². The maximum absolute atomic E-state index is 11.9. The summed E-state index contributed by atoms with van der Waals surface area (Å²) in [7, 11) is 0.